The van der Waals surface area contributed by atoms with E-state index in [0.29, 0.717) is 0 Å². The highest BCUT2D eigenvalue weighted by Gasteiger charge is 2.21. The third kappa shape index (κ3) is 1.81. The smallest absolute Gasteiger partial charge is 0.229 e. The molecule has 0 radical (unpaired) electrons. The molecule has 72 valence electrons. The first kappa shape index (κ1) is 8.90. The van der Waals surface area contributed by atoms with Gasteiger partial charge in [-0.25, -0.2) is 0 Å². The molecular formula is C8H12N2O2S. The molecule has 1 aliphatic rings. The van der Waals surface area contributed by atoms with E-state index in [2.05, 4.69) is 4.98 Å². The van der Waals surface area contributed by atoms with Crippen LogP contribution >= 0.6 is 11.8 Å². The van der Waals surface area contributed by atoms with E-state index < -0.39 is 0 Å². The summed E-state index contributed by atoms with van der Waals surface area (Å²) in [5, 5.41) is 9.17. The number of nitrogens with zero attached hydrogens (tertiary/aromatic N) is 2. The highest BCUT2D eigenvalue weighted by molar-refractivity contribution is 7.99. The van der Waals surface area contributed by atoms with Gasteiger partial charge in [-0.1, -0.05) is 0 Å². The van der Waals surface area contributed by atoms with Crippen LogP contribution in [0.25, 0.3) is 0 Å². The lowest BCUT2D eigenvalue weighted by Crippen LogP contribution is -2.18. The predicted molar refractivity (Wildman–Crippen MR) is 50.9 cm³/mol. The lowest BCUT2D eigenvalue weighted by Gasteiger charge is -2.21. The molecule has 5 heteroatoms. The Hall–Kier alpha value is -0.680. The molecule has 0 amide bonds. The maximum absolute atomic E-state index is 9.17. The predicted octanol–water partition coefficient (Wildman–Crippen LogP) is 0.930. The molecule has 4 nitrogen and oxygen atoms in total. The van der Waals surface area contributed by atoms with E-state index in [4.69, 9.17) is 4.74 Å². The Kier molecular flexibility index (Phi) is 2.46. The van der Waals surface area contributed by atoms with Gasteiger partial charge < -0.3 is 14.4 Å². The molecule has 2 rings (SSSR count). The Balaban J connectivity index is 2.18. The van der Waals surface area contributed by atoms with Gasteiger partial charge in [0.25, 0.3) is 0 Å². The Labute approximate surface area is 80.9 Å². The lowest BCUT2D eigenvalue weighted by atomic mass is 10.4. The summed E-state index contributed by atoms with van der Waals surface area (Å²) in [7, 11) is 1.87. The third-order valence-electron chi connectivity index (χ3n) is 2.00. The Morgan fingerprint density at radius 3 is 3.15 bits per heavy atom. The molecule has 1 fully saturated rings. The molecule has 0 aliphatic carbocycles. The van der Waals surface area contributed by atoms with Crippen LogP contribution in [0.15, 0.2) is 6.20 Å². The zero-order valence-corrected chi connectivity index (χ0v) is 8.25. The van der Waals surface area contributed by atoms with Crippen LogP contribution in [0, 0.1) is 0 Å². The zero-order valence-electron chi connectivity index (χ0n) is 7.43. The standard InChI is InChI=1S/C8H12N2O2S/c1-10-4-7(11)9-8(10)6-5-13-3-2-12-6/h4,6,11H,2-3,5H2,1H3. The van der Waals surface area contributed by atoms with Gasteiger partial charge in [0.1, 0.15) is 11.9 Å². The van der Waals surface area contributed by atoms with Crippen LogP contribution in [0.2, 0.25) is 0 Å². The van der Waals surface area contributed by atoms with Gasteiger partial charge in [-0.3, -0.25) is 0 Å². The highest BCUT2D eigenvalue weighted by Crippen LogP contribution is 2.26. The van der Waals surface area contributed by atoms with Crippen LogP contribution in [0.1, 0.15) is 11.9 Å². The second kappa shape index (κ2) is 3.59. The molecule has 1 atom stereocenters. The Bertz CT molecular complexity index is 294. The maximum Gasteiger partial charge on any atom is 0.229 e. The van der Waals surface area contributed by atoms with Gasteiger partial charge in [-0.15, -0.1) is 0 Å². The molecule has 0 bridgehead atoms. The van der Waals surface area contributed by atoms with Crippen molar-refractivity contribution in [3.05, 3.63) is 12.0 Å². The van der Waals surface area contributed by atoms with Crippen molar-refractivity contribution in [2.45, 2.75) is 6.10 Å². The topological polar surface area (TPSA) is 47.3 Å². The van der Waals surface area contributed by atoms with Crippen LogP contribution in [-0.4, -0.2) is 32.8 Å². The molecule has 1 unspecified atom stereocenters. The van der Waals surface area contributed by atoms with Gasteiger partial charge in [0.05, 0.1) is 12.8 Å². The van der Waals surface area contributed by atoms with E-state index in [-0.39, 0.29) is 12.0 Å². The average Bonchev–Trinajstić information content (AvgIpc) is 2.47. The summed E-state index contributed by atoms with van der Waals surface area (Å²) in [5.41, 5.74) is 0. The SMILES string of the molecule is Cn1cc(O)nc1C1CSCCO1. The lowest BCUT2D eigenvalue weighted by molar-refractivity contribution is 0.0674. The zero-order chi connectivity index (χ0) is 9.26. The molecule has 2 heterocycles. The number of aromatic nitrogens is 2. The first-order valence-electron chi connectivity index (χ1n) is 4.19. The number of hydrogen-bond donors (Lipinski definition) is 1. The number of ether oxygens (including phenoxy) is 1. The summed E-state index contributed by atoms with van der Waals surface area (Å²) in [5.74, 6) is 2.85. The maximum atomic E-state index is 9.17. The molecule has 1 aromatic rings. The number of aromatic hydroxyl groups is 1. The first-order valence-corrected chi connectivity index (χ1v) is 5.34. The molecule has 1 N–H and O–H groups in total. The van der Waals surface area contributed by atoms with Crippen LogP contribution < -0.4 is 0 Å². The monoisotopic (exact) mass is 200 g/mol. The minimum atomic E-state index is 0.0321. The minimum Gasteiger partial charge on any atom is -0.492 e. The second-order valence-corrected chi connectivity index (χ2v) is 4.15. The molecule has 1 aromatic heterocycles. The molecule has 0 aromatic carbocycles. The van der Waals surface area contributed by atoms with Crippen molar-refractivity contribution < 1.29 is 9.84 Å². The van der Waals surface area contributed by atoms with Gasteiger partial charge in [0.15, 0.2) is 0 Å². The number of imidazole rings is 1. The van der Waals surface area contributed by atoms with E-state index in [1.54, 1.807) is 6.20 Å². The van der Waals surface area contributed by atoms with Crippen LogP contribution in [-0.2, 0) is 11.8 Å². The minimum absolute atomic E-state index is 0.0321. The Morgan fingerprint density at radius 2 is 2.62 bits per heavy atom. The van der Waals surface area contributed by atoms with E-state index in [9.17, 15) is 5.11 Å². The molecule has 0 spiro atoms. The third-order valence-corrected chi connectivity index (χ3v) is 3.00. The van der Waals surface area contributed by atoms with Crippen molar-refractivity contribution in [3.63, 3.8) is 0 Å². The van der Waals surface area contributed by atoms with Crippen molar-refractivity contribution in [2.24, 2.45) is 7.05 Å². The fourth-order valence-corrected chi connectivity index (χ4v) is 2.24. The molecule has 1 saturated heterocycles. The largest absolute Gasteiger partial charge is 0.492 e. The van der Waals surface area contributed by atoms with Crippen molar-refractivity contribution >= 4 is 11.8 Å². The van der Waals surface area contributed by atoms with Crippen LogP contribution in [0.3, 0.4) is 0 Å². The van der Waals surface area contributed by atoms with Gasteiger partial charge in [-0.05, 0) is 0 Å². The number of rotatable bonds is 1. The normalized spacial score (nSPS) is 23.3. The molecule has 0 saturated carbocycles. The van der Waals surface area contributed by atoms with Crippen molar-refractivity contribution in [1.82, 2.24) is 9.55 Å². The second-order valence-electron chi connectivity index (χ2n) is 3.00. The van der Waals surface area contributed by atoms with Gasteiger partial charge in [0.2, 0.25) is 5.88 Å². The fraction of sp³-hybridized carbons (Fsp3) is 0.625. The summed E-state index contributed by atoms with van der Waals surface area (Å²) in [6, 6.07) is 0. The summed E-state index contributed by atoms with van der Waals surface area (Å²) >= 11 is 1.86. The molecular weight excluding hydrogens is 188 g/mol. The molecule has 13 heavy (non-hydrogen) atoms. The van der Waals surface area contributed by atoms with Crippen LogP contribution in [0.5, 0.6) is 5.88 Å². The summed E-state index contributed by atoms with van der Waals surface area (Å²) in [6.45, 7) is 0.767. The Morgan fingerprint density at radius 1 is 1.77 bits per heavy atom. The van der Waals surface area contributed by atoms with Crippen LogP contribution in [0.4, 0.5) is 0 Å². The van der Waals surface area contributed by atoms with Crippen molar-refractivity contribution in [3.8, 4) is 5.88 Å². The van der Waals surface area contributed by atoms with E-state index in [0.717, 1.165) is 23.9 Å². The van der Waals surface area contributed by atoms with Crippen molar-refractivity contribution in [1.29, 1.82) is 0 Å². The highest BCUT2D eigenvalue weighted by atomic mass is 32.2. The summed E-state index contributed by atoms with van der Waals surface area (Å²) in [6.07, 6.45) is 1.63. The van der Waals surface area contributed by atoms with E-state index in [1.807, 2.05) is 23.4 Å². The summed E-state index contributed by atoms with van der Waals surface area (Å²) in [4.78, 5) is 4.01. The first-order chi connectivity index (χ1) is 6.27. The summed E-state index contributed by atoms with van der Waals surface area (Å²) < 4.78 is 7.35. The van der Waals surface area contributed by atoms with Gasteiger partial charge >= 0.3 is 0 Å². The van der Waals surface area contributed by atoms with Gasteiger partial charge in [0, 0.05) is 18.6 Å². The number of thioether (sulfide) groups is 1. The van der Waals surface area contributed by atoms with Gasteiger partial charge in [-0.2, -0.15) is 16.7 Å². The quantitative estimate of drug-likeness (QED) is 0.732. The average molecular weight is 200 g/mol. The fourth-order valence-electron chi connectivity index (χ4n) is 1.40. The molecule has 1 aliphatic heterocycles. The number of hydrogen-bond acceptors (Lipinski definition) is 4. The van der Waals surface area contributed by atoms with E-state index >= 15 is 0 Å². The van der Waals surface area contributed by atoms with Crippen molar-refractivity contribution in [2.75, 3.05) is 18.1 Å². The number of aryl methyl sites for hydroxylation is 1. The van der Waals surface area contributed by atoms with E-state index in [1.165, 1.54) is 0 Å².